The van der Waals surface area contributed by atoms with Crippen molar-refractivity contribution in [3.8, 4) is 16.9 Å². The molecule has 0 saturated heterocycles. The monoisotopic (exact) mass is 526 g/mol. The fraction of sp³-hybridized carbons (Fsp3) is 0.346. The lowest BCUT2D eigenvalue weighted by molar-refractivity contribution is -0.138. The third kappa shape index (κ3) is 5.17. The highest BCUT2D eigenvalue weighted by atomic mass is 19.4. The second-order valence-corrected chi connectivity index (χ2v) is 9.60. The summed E-state index contributed by atoms with van der Waals surface area (Å²) in [5.41, 5.74) is 9.28. The molecule has 4 rings (SSSR count). The Morgan fingerprint density at radius 2 is 1.82 bits per heavy atom. The van der Waals surface area contributed by atoms with Crippen LogP contribution in [0.25, 0.3) is 16.9 Å². The molecule has 3 aromatic heterocycles. The van der Waals surface area contributed by atoms with E-state index in [4.69, 9.17) is 5.73 Å². The lowest BCUT2D eigenvalue weighted by atomic mass is 9.90. The van der Waals surface area contributed by atoms with Crippen molar-refractivity contribution in [3.05, 3.63) is 70.4 Å². The van der Waals surface area contributed by atoms with Crippen LogP contribution in [0.2, 0.25) is 0 Å². The van der Waals surface area contributed by atoms with Gasteiger partial charge in [-0.05, 0) is 56.0 Å². The van der Waals surface area contributed by atoms with Crippen LogP contribution in [-0.4, -0.2) is 35.7 Å². The van der Waals surface area contributed by atoms with Gasteiger partial charge in [-0.1, -0.05) is 19.1 Å². The Kier molecular flexibility index (Phi) is 7.11. The third-order valence-corrected chi connectivity index (χ3v) is 6.66. The summed E-state index contributed by atoms with van der Waals surface area (Å²) >= 11 is 0. The van der Waals surface area contributed by atoms with Crippen LogP contribution in [-0.2, 0) is 13.2 Å². The number of nitrogens with one attached hydrogen (secondary N) is 1. The predicted octanol–water partition coefficient (Wildman–Crippen LogP) is 4.91. The van der Waals surface area contributed by atoms with Crippen LogP contribution >= 0.6 is 0 Å². The van der Waals surface area contributed by atoms with E-state index in [0.717, 1.165) is 17.3 Å². The van der Waals surface area contributed by atoms with Crippen LogP contribution in [0.15, 0.2) is 36.8 Å². The van der Waals surface area contributed by atoms with Gasteiger partial charge in [0, 0.05) is 36.2 Å². The van der Waals surface area contributed by atoms with Crippen LogP contribution in [0.4, 0.5) is 18.9 Å². The summed E-state index contributed by atoms with van der Waals surface area (Å²) in [6.45, 7) is 8.71. The van der Waals surface area contributed by atoms with Crippen molar-refractivity contribution in [1.82, 2.24) is 29.8 Å². The number of benzene rings is 1. The van der Waals surface area contributed by atoms with E-state index in [2.05, 4.69) is 25.7 Å². The lowest BCUT2D eigenvalue weighted by Gasteiger charge is -2.23. The molecule has 0 aliphatic heterocycles. The molecule has 0 spiro atoms. The van der Waals surface area contributed by atoms with Gasteiger partial charge < -0.3 is 11.1 Å². The molecule has 4 aromatic rings. The highest BCUT2D eigenvalue weighted by Gasteiger charge is 2.35. The van der Waals surface area contributed by atoms with Gasteiger partial charge >= 0.3 is 6.18 Å². The molecule has 0 aliphatic rings. The van der Waals surface area contributed by atoms with Gasteiger partial charge in [0.1, 0.15) is 5.69 Å². The first kappa shape index (κ1) is 27.0. The number of hydrogen-bond donors (Lipinski definition) is 2. The zero-order valence-corrected chi connectivity index (χ0v) is 21.9. The molecule has 0 aliphatic carbocycles. The van der Waals surface area contributed by atoms with Gasteiger partial charge in [-0.3, -0.25) is 14.5 Å². The summed E-state index contributed by atoms with van der Waals surface area (Å²) in [7, 11) is 1.82. The minimum Gasteiger partial charge on any atom is -0.324 e. The summed E-state index contributed by atoms with van der Waals surface area (Å²) in [4.78, 5) is 17.4. The van der Waals surface area contributed by atoms with Gasteiger partial charge in [-0.25, -0.2) is 4.68 Å². The number of alkyl halides is 3. The number of carbonyl (C=O) groups is 1. The third-order valence-electron chi connectivity index (χ3n) is 6.66. The van der Waals surface area contributed by atoms with E-state index in [1.807, 2.05) is 27.8 Å². The smallest absolute Gasteiger partial charge is 0.324 e. The summed E-state index contributed by atoms with van der Waals surface area (Å²) < 4.78 is 44.6. The Labute approximate surface area is 217 Å². The van der Waals surface area contributed by atoms with Gasteiger partial charge in [0.05, 0.1) is 34.9 Å². The molecule has 38 heavy (non-hydrogen) atoms. The molecule has 1 unspecified atom stereocenters. The highest BCUT2D eigenvalue weighted by molar-refractivity contribution is 6.04. The number of nitrogens with two attached hydrogens (primary N) is 1. The first-order valence-electron chi connectivity index (χ1n) is 11.9. The number of anilines is 1. The Bertz CT molecular complexity index is 1500. The molecule has 0 bridgehead atoms. The van der Waals surface area contributed by atoms with Crippen molar-refractivity contribution in [3.63, 3.8) is 0 Å². The summed E-state index contributed by atoms with van der Waals surface area (Å²) in [6.07, 6.45) is 0.142. The minimum absolute atomic E-state index is 0.00348. The molecule has 0 radical (unpaired) electrons. The Morgan fingerprint density at radius 3 is 2.42 bits per heavy atom. The standard InChI is InChI=1S/C26H29F3N8O/c1-13(2)24(30)19-8-18(9-21(14(19)3)26(27,28)29)33-25(38)17-7-23(15(4)31-10-17)37-12-22(34-35-37)20-11-32-36(6)16(20)5/h7-13,24H,30H2,1-6H3,(H,33,38). The molecular weight excluding hydrogens is 497 g/mol. The Morgan fingerprint density at radius 1 is 1.11 bits per heavy atom. The van der Waals surface area contributed by atoms with E-state index >= 15 is 0 Å². The molecule has 1 atom stereocenters. The first-order valence-corrected chi connectivity index (χ1v) is 11.9. The molecule has 1 amide bonds. The van der Waals surface area contributed by atoms with Gasteiger partial charge in [-0.15, -0.1) is 5.10 Å². The lowest BCUT2D eigenvalue weighted by Crippen LogP contribution is -2.21. The number of halogens is 3. The number of aromatic nitrogens is 6. The number of carbonyl (C=O) groups excluding carboxylic acids is 1. The van der Waals surface area contributed by atoms with Crippen LogP contribution < -0.4 is 11.1 Å². The number of hydrogen-bond acceptors (Lipinski definition) is 6. The van der Waals surface area contributed by atoms with Crippen LogP contribution in [0.1, 0.15) is 58.3 Å². The van der Waals surface area contributed by atoms with Crippen molar-refractivity contribution in [2.45, 2.75) is 46.8 Å². The van der Waals surface area contributed by atoms with E-state index in [1.165, 1.54) is 23.9 Å². The molecule has 3 N–H and O–H groups in total. The zero-order valence-electron chi connectivity index (χ0n) is 21.9. The van der Waals surface area contributed by atoms with Gasteiger partial charge in [0.15, 0.2) is 0 Å². The normalized spacial score (nSPS) is 12.7. The molecule has 3 heterocycles. The zero-order chi connectivity index (χ0) is 27.9. The molecule has 1 aromatic carbocycles. The van der Waals surface area contributed by atoms with Gasteiger partial charge in [0.2, 0.25) is 0 Å². The first-order chi connectivity index (χ1) is 17.8. The fourth-order valence-electron chi connectivity index (χ4n) is 4.14. The van der Waals surface area contributed by atoms with Crippen molar-refractivity contribution in [2.24, 2.45) is 18.7 Å². The van der Waals surface area contributed by atoms with Gasteiger partial charge in [0.25, 0.3) is 5.91 Å². The summed E-state index contributed by atoms with van der Waals surface area (Å²) in [5.74, 6) is -0.726. The molecule has 0 saturated carbocycles. The molecule has 9 nitrogen and oxygen atoms in total. The van der Waals surface area contributed by atoms with E-state index in [-0.39, 0.29) is 22.7 Å². The molecular formula is C26H29F3N8O. The summed E-state index contributed by atoms with van der Waals surface area (Å²) in [5, 5.41) is 15.2. The van der Waals surface area contributed by atoms with Crippen LogP contribution in [0.3, 0.4) is 0 Å². The Hall–Kier alpha value is -4.06. The van der Waals surface area contributed by atoms with E-state index in [0.29, 0.717) is 22.6 Å². The number of pyridine rings is 1. The van der Waals surface area contributed by atoms with Crippen LogP contribution in [0.5, 0.6) is 0 Å². The van der Waals surface area contributed by atoms with Crippen molar-refractivity contribution >= 4 is 11.6 Å². The number of rotatable bonds is 6. The van der Waals surface area contributed by atoms with E-state index in [9.17, 15) is 18.0 Å². The highest BCUT2D eigenvalue weighted by Crippen LogP contribution is 2.38. The van der Waals surface area contributed by atoms with E-state index in [1.54, 1.807) is 30.1 Å². The summed E-state index contributed by atoms with van der Waals surface area (Å²) in [6, 6.07) is 3.35. The second kappa shape index (κ2) is 10.0. The fourth-order valence-corrected chi connectivity index (χ4v) is 4.14. The number of amides is 1. The van der Waals surface area contributed by atoms with Gasteiger partial charge in [-0.2, -0.15) is 18.3 Å². The quantitative estimate of drug-likeness (QED) is 0.369. The topological polar surface area (TPSA) is 117 Å². The largest absolute Gasteiger partial charge is 0.416 e. The van der Waals surface area contributed by atoms with Crippen LogP contribution in [0, 0.1) is 26.7 Å². The predicted molar refractivity (Wildman–Crippen MR) is 137 cm³/mol. The number of nitrogens with zero attached hydrogens (tertiary/aromatic N) is 6. The molecule has 12 heteroatoms. The number of aryl methyl sites for hydroxylation is 2. The van der Waals surface area contributed by atoms with Crippen molar-refractivity contribution < 1.29 is 18.0 Å². The van der Waals surface area contributed by atoms with E-state index < -0.39 is 23.7 Å². The van der Waals surface area contributed by atoms with Crippen molar-refractivity contribution in [2.75, 3.05) is 5.32 Å². The SMILES string of the molecule is Cc1ncc(C(=O)Nc2cc(C(N)C(C)C)c(C)c(C(F)(F)F)c2)cc1-n1cc(-c2cnn(C)c2C)nn1. The molecule has 0 fully saturated rings. The Balaban J connectivity index is 1.67. The maximum Gasteiger partial charge on any atom is 0.416 e. The minimum atomic E-state index is -4.60. The average Bonchev–Trinajstić information content (AvgIpc) is 3.45. The maximum absolute atomic E-state index is 13.8. The maximum atomic E-state index is 13.8. The average molecular weight is 527 g/mol. The second-order valence-electron chi connectivity index (χ2n) is 9.60. The molecule has 200 valence electrons. The van der Waals surface area contributed by atoms with Crippen molar-refractivity contribution in [1.29, 1.82) is 0 Å².